The number of nitriles is 1. The molecule has 1 N–H and O–H groups in total. The molecule has 29 heavy (non-hydrogen) atoms. The third kappa shape index (κ3) is 3.53. The van der Waals surface area contributed by atoms with Gasteiger partial charge in [0.2, 0.25) is 11.8 Å². The number of hydrogen-bond donors (Lipinski definition) is 1. The van der Waals surface area contributed by atoms with E-state index in [1.54, 1.807) is 24.3 Å². The normalized spacial score (nSPS) is 25.0. The number of amides is 1. The van der Waals surface area contributed by atoms with Crippen LogP contribution in [0.2, 0.25) is 0 Å². The molecule has 3 atom stereocenters. The van der Waals surface area contributed by atoms with Gasteiger partial charge in [0.1, 0.15) is 0 Å². The molecule has 4 rings (SSSR count). The van der Waals surface area contributed by atoms with E-state index in [-0.39, 0.29) is 23.3 Å². The zero-order valence-electron chi connectivity index (χ0n) is 17.2. The van der Waals surface area contributed by atoms with Gasteiger partial charge < -0.3 is 9.84 Å². The first-order valence-corrected chi connectivity index (χ1v) is 10.3. The van der Waals surface area contributed by atoms with E-state index in [4.69, 9.17) is 14.8 Å². The van der Waals surface area contributed by atoms with Gasteiger partial charge in [0.15, 0.2) is 5.82 Å². The molecule has 1 saturated heterocycles. The molecule has 1 unspecified atom stereocenters. The molecule has 0 spiro atoms. The van der Waals surface area contributed by atoms with Crippen molar-refractivity contribution in [3.05, 3.63) is 41.5 Å². The standard InChI is InChI=1S/C22H27N5O2/c1-14(2)19-25-21(29-26-19)22-9-5-7-17(22)12-27(13-22)15(3)20(28)24-18-8-4-6-16(10-18)11-23/h4,6,8,10,14-15,17H,5,7,9,12-13H2,1-3H3,(H,24,28)/t15?,17-,22-/m1/s1. The second kappa shape index (κ2) is 7.60. The number of likely N-dealkylation sites (tertiary alicyclic amines) is 1. The smallest absolute Gasteiger partial charge is 0.241 e. The zero-order chi connectivity index (χ0) is 20.6. The second-order valence-electron chi connectivity index (χ2n) is 8.64. The Morgan fingerprint density at radius 2 is 2.24 bits per heavy atom. The van der Waals surface area contributed by atoms with Gasteiger partial charge in [0.05, 0.1) is 23.1 Å². The molecule has 1 aromatic heterocycles. The molecule has 1 aliphatic carbocycles. The lowest BCUT2D eigenvalue weighted by Gasteiger charge is -2.27. The van der Waals surface area contributed by atoms with Gasteiger partial charge in [-0.3, -0.25) is 9.69 Å². The minimum Gasteiger partial charge on any atom is -0.339 e. The number of anilines is 1. The minimum atomic E-state index is -0.282. The van der Waals surface area contributed by atoms with Gasteiger partial charge in [0, 0.05) is 24.7 Å². The predicted molar refractivity (Wildman–Crippen MR) is 108 cm³/mol. The van der Waals surface area contributed by atoms with Crippen LogP contribution >= 0.6 is 0 Å². The van der Waals surface area contributed by atoms with Crippen molar-refractivity contribution in [2.75, 3.05) is 18.4 Å². The van der Waals surface area contributed by atoms with Gasteiger partial charge in [-0.05, 0) is 43.9 Å². The summed E-state index contributed by atoms with van der Waals surface area (Å²) in [7, 11) is 0. The third-order valence-corrected chi connectivity index (χ3v) is 6.47. The summed E-state index contributed by atoms with van der Waals surface area (Å²) in [6.45, 7) is 7.67. The van der Waals surface area contributed by atoms with Crippen LogP contribution in [-0.2, 0) is 10.2 Å². The van der Waals surface area contributed by atoms with Gasteiger partial charge in [-0.25, -0.2) is 0 Å². The molecule has 2 aliphatic rings. The van der Waals surface area contributed by atoms with E-state index in [0.29, 0.717) is 17.2 Å². The monoisotopic (exact) mass is 393 g/mol. The van der Waals surface area contributed by atoms with E-state index in [1.807, 2.05) is 6.92 Å². The van der Waals surface area contributed by atoms with Crippen LogP contribution in [0.25, 0.3) is 0 Å². The van der Waals surface area contributed by atoms with E-state index in [9.17, 15) is 4.79 Å². The van der Waals surface area contributed by atoms with Gasteiger partial charge in [0.25, 0.3) is 0 Å². The van der Waals surface area contributed by atoms with E-state index >= 15 is 0 Å². The molecular weight excluding hydrogens is 366 g/mol. The van der Waals surface area contributed by atoms with Crippen LogP contribution in [0.3, 0.4) is 0 Å². The number of rotatable bonds is 5. The summed E-state index contributed by atoms with van der Waals surface area (Å²) in [6, 6.07) is 8.81. The van der Waals surface area contributed by atoms with Crippen LogP contribution in [0.5, 0.6) is 0 Å². The van der Waals surface area contributed by atoms with Crippen LogP contribution in [0.1, 0.15) is 63.2 Å². The molecule has 1 saturated carbocycles. The summed E-state index contributed by atoms with van der Waals surface area (Å²) in [5.41, 5.74) is 1.03. The average molecular weight is 393 g/mol. The summed E-state index contributed by atoms with van der Waals surface area (Å²) >= 11 is 0. The fraction of sp³-hybridized carbons (Fsp3) is 0.545. The topological polar surface area (TPSA) is 95.0 Å². The van der Waals surface area contributed by atoms with E-state index in [1.165, 1.54) is 0 Å². The van der Waals surface area contributed by atoms with E-state index in [0.717, 1.165) is 44.1 Å². The molecule has 2 aromatic rings. The van der Waals surface area contributed by atoms with E-state index in [2.05, 4.69) is 35.3 Å². The maximum Gasteiger partial charge on any atom is 0.241 e. The SMILES string of the molecule is CC(C)c1noc([C@@]23CCC[C@@H]2CN(C(C)C(=O)Nc2cccc(C#N)c2)C3)n1. The Bertz CT molecular complexity index is 947. The van der Waals surface area contributed by atoms with Crippen molar-refractivity contribution in [1.29, 1.82) is 5.26 Å². The van der Waals surface area contributed by atoms with Crippen LogP contribution in [0.15, 0.2) is 28.8 Å². The Hall–Kier alpha value is -2.72. The number of carbonyl (C=O) groups excluding carboxylic acids is 1. The largest absolute Gasteiger partial charge is 0.339 e. The Labute approximate surface area is 171 Å². The highest BCUT2D eigenvalue weighted by Crippen LogP contribution is 2.50. The Kier molecular flexibility index (Phi) is 5.13. The molecule has 2 heterocycles. The van der Waals surface area contributed by atoms with E-state index < -0.39 is 0 Å². The van der Waals surface area contributed by atoms with Gasteiger partial charge in [-0.15, -0.1) is 0 Å². The highest BCUT2D eigenvalue weighted by Gasteiger charge is 2.55. The molecule has 152 valence electrons. The molecule has 7 nitrogen and oxygen atoms in total. The first-order chi connectivity index (χ1) is 13.9. The minimum absolute atomic E-state index is 0.0661. The van der Waals surface area contributed by atoms with Crippen LogP contribution < -0.4 is 5.32 Å². The average Bonchev–Trinajstić information content (AvgIpc) is 3.41. The summed E-state index contributed by atoms with van der Waals surface area (Å²) in [4.78, 5) is 19.8. The summed E-state index contributed by atoms with van der Waals surface area (Å²) in [5, 5.41) is 16.2. The molecule has 7 heteroatoms. The first kappa shape index (κ1) is 19.6. The number of benzene rings is 1. The van der Waals surface area contributed by atoms with Crippen LogP contribution in [0, 0.1) is 17.2 Å². The number of aromatic nitrogens is 2. The molecule has 1 aromatic carbocycles. The molecule has 1 amide bonds. The highest BCUT2D eigenvalue weighted by atomic mass is 16.5. The number of nitrogens with one attached hydrogen (secondary N) is 1. The van der Waals surface area contributed by atoms with Crippen molar-refractivity contribution in [3.63, 3.8) is 0 Å². The molecule has 0 bridgehead atoms. The lowest BCUT2D eigenvalue weighted by Crippen LogP contribution is -2.42. The van der Waals surface area contributed by atoms with Gasteiger partial charge in [-0.2, -0.15) is 10.2 Å². The summed E-state index contributed by atoms with van der Waals surface area (Å²) in [6.07, 6.45) is 3.29. The summed E-state index contributed by atoms with van der Waals surface area (Å²) in [5.74, 6) is 2.08. The summed E-state index contributed by atoms with van der Waals surface area (Å²) < 4.78 is 5.71. The van der Waals surface area contributed by atoms with Crippen LogP contribution in [-0.4, -0.2) is 40.1 Å². The van der Waals surface area contributed by atoms with Gasteiger partial charge in [-0.1, -0.05) is 31.5 Å². The van der Waals surface area contributed by atoms with Gasteiger partial charge >= 0.3 is 0 Å². The van der Waals surface area contributed by atoms with Crippen molar-refractivity contribution in [2.24, 2.45) is 5.92 Å². The fourth-order valence-electron chi connectivity index (χ4n) is 4.72. The van der Waals surface area contributed by atoms with Crippen molar-refractivity contribution >= 4 is 11.6 Å². The second-order valence-corrected chi connectivity index (χ2v) is 8.64. The third-order valence-electron chi connectivity index (χ3n) is 6.47. The first-order valence-electron chi connectivity index (χ1n) is 10.3. The number of fused-ring (bicyclic) bond motifs is 1. The van der Waals surface area contributed by atoms with Crippen molar-refractivity contribution in [3.8, 4) is 6.07 Å². The van der Waals surface area contributed by atoms with Crippen molar-refractivity contribution in [2.45, 2.75) is 57.4 Å². The lowest BCUT2D eigenvalue weighted by molar-refractivity contribution is -0.120. The fourth-order valence-corrected chi connectivity index (χ4v) is 4.72. The lowest BCUT2D eigenvalue weighted by atomic mass is 9.80. The maximum atomic E-state index is 12.9. The molecule has 0 radical (unpaired) electrons. The Balaban J connectivity index is 1.49. The highest BCUT2D eigenvalue weighted by molar-refractivity contribution is 5.94. The zero-order valence-corrected chi connectivity index (χ0v) is 17.2. The molecule has 1 aliphatic heterocycles. The van der Waals surface area contributed by atoms with Crippen molar-refractivity contribution in [1.82, 2.24) is 15.0 Å². The number of carbonyl (C=O) groups is 1. The predicted octanol–water partition coefficient (Wildman–Crippen LogP) is 3.45. The van der Waals surface area contributed by atoms with Crippen molar-refractivity contribution < 1.29 is 9.32 Å². The van der Waals surface area contributed by atoms with Crippen LogP contribution in [0.4, 0.5) is 5.69 Å². The molecule has 2 fully saturated rings. The Morgan fingerprint density at radius 1 is 1.41 bits per heavy atom. The molecular formula is C22H27N5O2. The number of hydrogen-bond acceptors (Lipinski definition) is 6. The number of nitrogens with zero attached hydrogens (tertiary/aromatic N) is 4. The quantitative estimate of drug-likeness (QED) is 0.836. The maximum absolute atomic E-state index is 12.9. The Morgan fingerprint density at radius 3 is 2.97 bits per heavy atom.